The summed E-state index contributed by atoms with van der Waals surface area (Å²) >= 11 is 0. The van der Waals surface area contributed by atoms with Crippen LogP contribution in [0.4, 0.5) is 17.3 Å². The van der Waals surface area contributed by atoms with E-state index in [-0.39, 0.29) is 16.7 Å². The summed E-state index contributed by atoms with van der Waals surface area (Å²) in [5.74, 6) is 0.926. The fraction of sp³-hybridized carbons (Fsp3) is 0.750. The molecule has 1 aromatic rings. The summed E-state index contributed by atoms with van der Waals surface area (Å²) in [6, 6.07) is 0.281. The summed E-state index contributed by atoms with van der Waals surface area (Å²) in [5, 5.41) is 11.8. The van der Waals surface area contributed by atoms with Crippen LogP contribution in [0.25, 0.3) is 0 Å². The molecule has 0 aliphatic carbocycles. The Hall–Kier alpha value is -1.96. The molecule has 0 atom stereocenters. The highest BCUT2D eigenvalue weighted by Crippen LogP contribution is 2.36. The lowest BCUT2D eigenvalue weighted by molar-refractivity contribution is -0.383. The molecule has 3 rings (SSSR count). The van der Waals surface area contributed by atoms with Crippen LogP contribution in [0.5, 0.6) is 0 Å². The number of likely N-dealkylation sites (tertiary alicyclic amines) is 1. The van der Waals surface area contributed by atoms with Gasteiger partial charge in [-0.25, -0.2) is 9.97 Å². The van der Waals surface area contributed by atoms with Crippen molar-refractivity contribution in [3.8, 4) is 0 Å². The Balaban J connectivity index is 1.90. The molecule has 0 bridgehead atoms. The zero-order valence-corrected chi connectivity index (χ0v) is 14.5. The molecule has 0 amide bonds. The summed E-state index contributed by atoms with van der Waals surface area (Å²) in [6.45, 7) is 3.67. The van der Waals surface area contributed by atoms with Gasteiger partial charge < -0.3 is 14.7 Å². The molecule has 2 aliphatic rings. The van der Waals surface area contributed by atoms with Gasteiger partial charge >= 0.3 is 5.69 Å². The third kappa shape index (κ3) is 3.43. The van der Waals surface area contributed by atoms with Crippen LogP contribution in [-0.4, -0.2) is 66.1 Å². The average molecular weight is 334 g/mol. The third-order valence-electron chi connectivity index (χ3n) is 5.19. The fourth-order valence-corrected chi connectivity index (χ4v) is 3.67. The van der Waals surface area contributed by atoms with Gasteiger partial charge in [-0.1, -0.05) is 0 Å². The Labute approximate surface area is 142 Å². The van der Waals surface area contributed by atoms with Crippen molar-refractivity contribution in [1.29, 1.82) is 0 Å². The van der Waals surface area contributed by atoms with Crippen molar-refractivity contribution < 1.29 is 4.92 Å². The van der Waals surface area contributed by atoms with Gasteiger partial charge in [0.05, 0.1) is 4.92 Å². The smallest absolute Gasteiger partial charge is 0.351 e. The summed E-state index contributed by atoms with van der Waals surface area (Å²) < 4.78 is 0. The fourth-order valence-electron chi connectivity index (χ4n) is 3.67. The molecule has 0 unspecified atom stereocenters. The highest BCUT2D eigenvalue weighted by Gasteiger charge is 2.32. The Morgan fingerprint density at radius 2 is 1.83 bits per heavy atom. The van der Waals surface area contributed by atoms with Gasteiger partial charge in [0.25, 0.3) is 0 Å². The molecule has 0 N–H and O–H groups in total. The van der Waals surface area contributed by atoms with Crippen molar-refractivity contribution in [2.24, 2.45) is 0 Å². The molecular formula is C16H26N6O2. The molecule has 8 heteroatoms. The number of aromatic nitrogens is 2. The van der Waals surface area contributed by atoms with Gasteiger partial charge in [0, 0.05) is 26.2 Å². The average Bonchev–Trinajstić information content (AvgIpc) is 2.61. The molecule has 2 saturated heterocycles. The number of nitrogens with zero attached hydrogens (tertiary/aromatic N) is 6. The Morgan fingerprint density at radius 3 is 2.46 bits per heavy atom. The first kappa shape index (κ1) is 16.9. The minimum Gasteiger partial charge on any atom is -0.351 e. The minimum atomic E-state index is -0.315. The number of nitro groups is 1. The predicted molar refractivity (Wildman–Crippen MR) is 93.7 cm³/mol. The third-order valence-corrected chi connectivity index (χ3v) is 5.19. The second kappa shape index (κ2) is 7.29. The van der Waals surface area contributed by atoms with Crippen molar-refractivity contribution in [2.75, 3.05) is 50.1 Å². The van der Waals surface area contributed by atoms with E-state index in [1.165, 1.54) is 12.7 Å². The minimum absolute atomic E-state index is 0.0563. The van der Waals surface area contributed by atoms with Crippen LogP contribution in [0.1, 0.15) is 32.1 Å². The maximum absolute atomic E-state index is 11.8. The zero-order chi connectivity index (χ0) is 17.1. The predicted octanol–water partition coefficient (Wildman–Crippen LogP) is 1.91. The Kier molecular flexibility index (Phi) is 5.13. The van der Waals surface area contributed by atoms with Gasteiger partial charge in [-0.15, -0.1) is 0 Å². The largest absolute Gasteiger partial charge is 0.353 e. The maximum atomic E-state index is 11.8. The molecule has 0 aromatic carbocycles. The summed E-state index contributed by atoms with van der Waals surface area (Å²) in [4.78, 5) is 26.3. The van der Waals surface area contributed by atoms with Crippen molar-refractivity contribution >= 4 is 17.3 Å². The van der Waals surface area contributed by atoms with Crippen LogP contribution in [0.3, 0.4) is 0 Å². The monoisotopic (exact) mass is 334 g/mol. The van der Waals surface area contributed by atoms with Gasteiger partial charge in [-0.2, -0.15) is 0 Å². The molecule has 24 heavy (non-hydrogen) atoms. The van der Waals surface area contributed by atoms with E-state index in [1.54, 1.807) is 0 Å². The number of hydrogen-bond acceptors (Lipinski definition) is 7. The Bertz CT molecular complexity index is 582. The molecule has 2 aliphatic heterocycles. The van der Waals surface area contributed by atoms with Crippen LogP contribution in [0, 0.1) is 10.1 Å². The molecule has 0 spiro atoms. The molecule has 2 fully saturated rings. The highest BCUT2D eigenvalue weighted by molar-refractivity contribution is 5.71. The van der Waals surface area contributed by atoms with E-state index in [4.69, 9.17) is 0 Å². The van der Waals surface area contributed by atoms with Gasteiger partial charge in [0.1, 0.15) is 6.33 Å². The van der Waals surface area contributed by atoms with Gasteiger partial charge in [-0.05, 0) is 52.2 Å². The van der Waals surface area contributed by atoms with Gasteiger partial charge in [0.15, 0.2) is 0 Å². The van der Waals surface area contributed by atoms with Crippen LogP contribution in [-0.2, 0) is 0 Å². The normalized spacial score (nSPS) is 20.2. The molecule has 1 aromatic heterocycles. The number of rotatable bonds is 4. The topological polar surface area (TPSA) is 78.6 Å². The highest BCUT2D eigenvalue weighted by atomic mass is 16.6. The molecule has 0 radical (unpaired) electrons. The number of hydrogen-bond donors (Lipinski definition) is 0. The lowest BCUT2D eigenvalue weighted by Crippen LogP contribution is -2.42. The van der Waals surface area contributed by atoms with Crippen molar-refractivity contribution in [2.45, 2.75) is 38.1 Å². The van der Waals surface area contributed by atoms with Crippen LogP contribution < -0.4 is 9.80 Å². The van der Waals surface area contributed by atoms with Gasteiger partial charge in [0.2, 0.25) is 11.6 Å². The van der Waals surface area contributed by atoms with E-state index in [9.17, 15) is 10.1 Å². The van der Waals surface area contributed by atoms with Crippen molar-refractivity contribution in [3.05, 3.63) is 16.4 Å². The molecule has 0 saturated carbocycles. The number of anilines is 2. The lowest BCUT2D eigenvalue weighted by Gasteiger charge is -2.36. The second-order valence-corrected chi connectivity index (χ2v) is 6.82. The molecule has 3 heterocycles. The van der Waals surface area contributed by atoms with E-state index in [0.29, 0.717) is 11.6 Å². The van der Waals surface area contributed by atoms with Crippen molar-refractivity contribution in [1.82, 2.24) is 14.9 Å². The summed E-state index contributed by atoms with van der Waals surface area (Å²) in [6.07, 6.45) is 6.75. The lowest BCUT2D eigenvalue weighted by atomic mass is 10.0. The first-order valence-electron chi connectivity index (χ1n) is 8.73. The second-order valence-electron chi connectivity index (χ2n) is 6.82. The molecule has 8 nitrogen and oxygen atoms in total. The zero-order valence-electron chi connectivity index (χ0n) is 14.5. The molecule has 132 valence electrons. The SMILES string of the molecule is CN1CCC(N(C)c2ncnc(N3CCCCC3)c2[N+](=O)[O-])CC1. The first-order chi connectivity index (χ1) is 11.6. The van der Waals surface area contributed by atoms with Crippen LogP contribution in [0.2, 0.25) is 0 Å². The van der Waals surface area contributed by atoms with Crippen LogP contribution in [0.15, 0.2) is 6.33 Å². The summed E-state index contributed by atoms with van der Waals surface area (Å²) in [7, 11) is 4.03. The first-order valence-corrected chi connectivity index (χ1v) is 8.73. The van der Waals surface area contributed by atoms with E-state index >= 15 is 0 Å². The Morgan fingerprint density at radius 1 is 1.17 bits per heavy atom. The van der Waals surface area contributed by atoms with E-state index < -0.39 is 0 Å². The number of piperidine rings is 2. The van der Waals surface area contributed by atoms with Crippen molar-refractivity contribution in [3.63, 3.8) is 0 Å². The standard InChI is InChI=1S/C16H26N6O2/c1-19-10-6-13(7-11-19)20(2)15-14(22(23)24)16(18-12-17-15)21-8-4-3-5-9-21/h12-13H,3-11H2,1-2H3. The van der Waals surface area contributed by atoms with Gasteiger partial charge in [-0.3, -0.25) is 10.1 Å². The van der Waals surface area contributed by atoms with E-state index in [1.807, 2.05) is 16.8 Å². The van der Waals surface area contributed by atoms with Crippen LogP contribution >= 0.6 is 0 Å². The quantitative estimate of drug-likeness (QED) is 0.614. The summed E-state index contributed by atoms with van der Waals surface area (Å²) in [5.41, 5.74) is 0.0563. The van der Waals surface area contributed by atoms with E-state index in [0.717, 1.165) is 51.9 Å². The molecular weight excluding hydrogens is 308 g/mol. The maximum Gasteiger partial charge on any atom is 0.353 e. The van der Waals surface area contributed by atoms with E-state index in [2.05, 4.69) is 21.9 Å².